The van der Waals surface area contributed by atoms with Gasteiger partial charge in [-0.3, -0.25) is 4.79 Å². The second kappa shape index (κ2) is 9.43. The Hall–Kier alpha value is -1.77. The van der Waals surface area contributed by atoms with Crippen LogP contribution >= 0.6 is 15.9 Å². The van der Waals surface area contributed by atoms with Gasteiger partial charge in [-0.1, -0.05) is 42.5 Å². The molecule has 5 N–H and O–H groups in total. The predicted molar refractivity (Wildman–Crippen MR) is 107 cm³/mol. The highest BCUT2D eigenvalue weighted by Gasteiger charge is 2.33. The van der Waals surface area contributed by atoms with Gasteiger partial charge in [0.1, 0.15) is 0 Å². The van der Waals surface area contributed by atoms with E-state index in [-0.39, 0.29) is 18.0 Å². The van der Waals surface area contributed by atoms with Gasteiger partial charge in [0.05, 0.1) is 17.8 Å². The van der Waals surface area contributed by atoms with Crippen molar-refractivity contribution < 1.29 is 15.0 Å². The molecule has 1 heterocycles. The topological polar surface area (TPSA) is 93.6 Å². The number of hydrogen-bond donors (Lipinski definition) is 5. The largest absolute Gasteiger partial charge is 0.389 e. The van der Waals surface area contributed by atoms with Crippen molar-refractivity contribution >= 4 is 21.8 Å². The van der Waals surface area contributed by atoms with Gasteiger partial charge >= 0.3 is 0 Å². The molecule has 0 radical (unpaired) electrons. The van der Waals surface area contributed by atoms with Crippen molar-refractivity contribution in [3.05, 3.63) is 70.2 Å². The Bertz CT molecular complexity index is 759. The normalized spacial score (nSPS) is 23.1. The Morgan fingerprint density at radius 2 is 1.85 bits per heavy atom. The third-order valence-electron chi connectivity index (χ3n) is 4.77. The van der Waals surface area contributed by atoms with Crippen LogP contribution in [0.4, 0.5) is 0 Å². The second-order valence-electron chi connectivity index (χ2n) is 6.63. The first-order valence-corrected chi connectivity index (χ1v) is 9.76. The van der Waals surface area contributed by atoms with Crippen molar-refractivity contribution in [1.29, 1.82) is 0 Å². The molecule has 1 aliphatic rings. The molecule has 0 spiro atoms. The summed E-state index contributed by atoms with van der Waals surface area (Å²) in [4.78, 5) is 12.5. The summed E-state index contributed by atoms with van der Waals surface area (Å²) in [5.74, 6) is -0.153. The molecule has 0 aromatic heterocycles. The van der Waals surface area contributed by atoms with Crippen molar-refractivity contribution in [2.45, 2.75) is 24.3 Å². The number of aliphatic hydroxyl groups is 2. The number of hydrogen-bond acceptors (Lipinski definition) is 5. The van der Waals surface area contributed by atoms with Gasteiger partial charge < -0.3 is 26.2 Å². The van der Waals surface area contributed by atoms with E-state index in [9.17, 15) is 15.0 Å². The van der Waals surface area contributed by atoms with Gasteiger partial charge in [0.15, 0.2) is 0 Å². The molecule has 27 heavy (non-hydrogen) atoms. The zero-order valence-electron chi connectivity index (χ0n) is 14.8. The maximum Gasteiger partial charge on any atom is 0.252 e. The molecule has 2 aromatic carbocycles. The average Bonchev–Trinajstić information content (AvgIpc) is 3.01. The monoisotopic (exact) mass is 433 g/mol. The fourth-order valence-electron chi connectivity index (χ4n) is 3.17. The Balaban J connectivity index is 1.64. The molecule has 0 aliphatic carbocycles. The van der Waals surface area contributed by atoms with Crippen LogP contribution in [0.5, 0.6) is 0 Å². The minimum Gasteiger partial charge on any atom is -0.389 e. The number of carbonyl (C=O) groups excluding carboxylic acids is 1. The smallest absolute Gasteiger partial charge is 0.252 e. The summed E-state index contributed by atoms with van der Waals surface area (Å²) in [6.07, 6.45) is -1.55. The zero-order chi connectivity index (χ0) is 19.2. The highest BCUT2D eigenvalue weighted by atomic mass is 79.9. The number of aliphatic hydroxyl groups excluding tert-OH is 2. The molecule has 1 fully saturated rings. The number of carbonyl (C=O) groups is 1. The van der Waals surface area contributed by atoms with E-state index in [4.69, 9.17) is 0 Å². The lowest BCUT2D eigenvalue weighted by Gasteiger charge is -2.24. The Morgan fingerprint density at radius 3 is 2.52 bits per heavy atom. The van der Waals surface area contributed by atoms with Crippen LogP contribution in [-0.2, 0) is 0 Å². The summed E-state index contributed by atoms with van der Waals surface area (Å²) >= 11 is 3.40. The molecule has 4 atom stereocenters. The molecular formula is C20H24BrN3O3. The van der Waals surface area contributed by atoms with Crippen molar-refractivity contribution in [3.63, 3.8) is 0 Å². The van der Waals surface area contributed by atoms with E-state index in [1.807, 2.05) is 48.5 Å². The van der Waals surface area contributed by atoms with Crippen LogP contribution in [0.25, 0.3) is 0 Å². The molecule has 2 aromatic rings. The first kappa shape index (κ1) is 20.0. The fourth-order valence-corrected chi connectivity index (χ4v) is 3.64. The van der Waals surface area contributed by atoms with Crippen LogP contribution < -0.4 is 16.0 Å². The summed E-state index contributed by atoms with van der Waals surface area (Å²) < 4.78 is 0.749. The lowest BCUT2D eigenvalue weighted by atomic mass is 10.1. The van der Waals surface area contributed by atoms with Gasteiger partial charge in [0.25, 0.3) is 5.91 Å². The summed E-state index contributed by atoms with van der Waals surface area (Å²) in [5.41, 5.74) is 1.62. The van der Waals surface area contributed by atoms with Crippen LogP contribution in [-0.4, -0.2) is 54.0 Å². The molecule has 7 heteroatoms. The predicted octanol–water partition coefficient (Wildman–Crippen LogP) is 1.20. The van der Waals surface area contributed by atoms with Crippen molar-refractivity contribution in [2.75, 3.05) is 19.6 Å². The summed E-state index contributed by atoms with van der Waals surface area (Å²) in [5, 5.41) is 29.2. The lowest BCUT2D eigenvalue weighted by Crippen LogP contribution is -2.45. The van der Waals surface area contributed by atoms with Gasteiger partial charge in [0.2, 0.25) is 0 Å². The molecule has 6 nitrogen and oxygen atoms in total. The van der Waals surface area contributed by atoms with E-state index in [0.717, 1.165) is 10.0 Å². The molecule has 144 valence electrons. The molecular weight excluding hydrogens is 410 g/mol. The van der Waals surface area contributed by atoms with Crippen molar-refractivity contribution in [1.82, 2.24) is 16.0 Å². The van der Waals surface area contributed by atoms with E-state index in [1.54, 1.807) is 6.07 Å². The van der Waals surface area contributed by atoms with Gasteiger partial charge in [0, 0.05) is 36.2 Å². The molecule has 3 rings (SSSR count). The van der Waals surface area contributed by atoms with Crippen LogP contribution in [0.3, 0.4) is 0 Å². The molecule has 1 aliphatic heterocycles. The van der Waals surface area contributed by atoms with Gasteiger partial charge in [-0.05, 0) is 33.6 Å². The number of amides is 1. The van der Waals surface area contributed by atoms with E-state index >= 15 is 0 Å². The maximum atomic E-state index is 12.5. The Kier molecular flexibility index (Phi) is 6.98. The third-order valence-corrected chi connectivity index (χ3v) is 5.46. The summed E-state index contributed by atoms with van der Waals surface area (Å²) in [7, 11) is 0. The van der Waals surface area contributed by atoms with Crippen molar-refractivity contribution in [3.8, 4) is 0 Å². The van der Waals surface area contributed by atoms with Crippen LogP contribution in [0.2, 0.25) is 0 Å². The Morgan fingerprint density at radius 1 is 1.15 bits per heavy atom. The molecule has 1 saturated heterocycles. The second-order valence-corrected chi connectivity index (χ2v) is 7.49. The van der Waals surface area contributed by atoms with E-state index in [1.165, 1.54) is 0 Å². The van der Waals surface area contributed by atoms with Crippen LogP contribution in [0.15, 0.2) is 59.1 Å². The number of β-amino-alcohol motifs (C(OH)–C–C–N with tert-alkyl or cyclic N) is 1. The SMILES string of the molecule is O=C(NC[C@H](NC[C@H]1NC[C@H](O)[C@@H]1O)c1ccccc1)c1ccccc1Br. The van der Waals surface area contributed by atoms with Crippen molar-refractivity contribution in [2.24, 2.45) is 0 Å². The summed E-state index contributed by atoms with van der Waals surface area (Å²) in [6.45, 7) is 1.25. The number of benzene rings is 2. The van der Waals surface area contributed by atoms with Crippen LogP contribution in [0, 0.1) is 0 Å². The standard InChI is InChI=1S/C20H24BrN3O3/c21-15-9-5-4-8-14(15)20(27)24-10-16(13-6-2-1-3-7-13)22-11-17-19(26)18(25)12-23-17/h1-9,16-19,22-23,25-26H,10-12H2,(H,24,27)/t16-,17+,18-,19+/m0/s1. The van der Waals surface area contributed by atoms with Gasteiger partial charge in [-0.15, -0.1) is 0 Å². The Labute approximate surface area is 167 Å². The minimum absolute atomic E-state index is 0.121. The third kappa shape index (κ3) is 5.15. The van der Waals surface area contributed by atoms with E-state index in [2.05, 4.69) is 31.9 Å². The highest BCUT2D eigenvalue weighted by molar-refractivity contribution is 9.10. The molecule has 1 amide bonds. The quantitative estimate of drug-likeness (QED) is 0.452. The van der Waals surface area contributed by atoms with E-state index < -0.39 is 12.2 Å². The highest BCUT2D eigenvalue weighted by Crippen LogP contribution is 2.17. The average molecular weight is 434 g/mol. The fraction of sp³-hybridized carbons (Fsp3) is 0.350. The number of nitrogens with one attached hydrogen (secondary N) is 3. The van der Waals surface area contributed by atoms with E-state index in [0.29, 0.717) is 25.2 Å². The first-order valence-electron chi connectivity index (χ1n) is 8.97. The lowest BCUT2D eigenvalue weighted by molar-refractivity contribution is 0.0403. The van der Waals surface area contributed by atoms with Gasteiger partial charge in [-0.25, -0.2) is 0 Å². The molecule has 0 saturated carbocycles. The zero-order valence-corrected chi connectivity index (χ0v) is 16.4. The molecule has 0 unspecified atom stereocenters. The van der Waals surface area contributed by atoms with Crippen LogP contribution in [0.1, 0.15) is 22.0 Å². The number of rotatable bonds is 7. The first-order chi connectivity index (χ1) is 13.1. The minimum atomic E-state index is -0.802. The maximum absolute atomic E-state index is 12.5. The molecule has 0 bridgehead atoms. The summed E-state index contributed by atoms with van der Waals surface area (Å²) in [6, 6.07) is 16.8. The number of halogens is 1. The van der Waals surface area contributed by atoms with Gasteiger partial charge in [-0.2, -0.15) is 0 Å².